The molecule has 0 spiro atoms. The maximum atomic E-state index is 12.2. The molecule has 2 amide bonds. The molecule has 1 aromatic carbocycles. The lowest BCUT2D eigenvalue weighted by molar-refractivity contribution is 0.186. The fourth-order valence-electron chi connectivity index (χ4n) is 2.46. The first kappa shape index (κ1) is 12.5. The highest BCUT2D eigenvalue weighted by Crippen LogP contribution is 2.24. The molecule has 0 radical (unpaired) electrons. The number of likely N-dealkylation sites (tertiary alicyclic amines) is 1. The third-order valence-corrected chi connectivity index (χ3v) is 4.67. The van der Waals surface area contributed by atoms with E-state index in [2.05, 4.69) is 29.8 Å². The minimum absolute atomic E-state index is 0.0291. The van der Waals surface area contributed by atoms with Gasteiger partial charge in [0, 0.05) is 23.5 Å². The molecule has 3 rings (SSSR count). The topological polar surface area (TPSA) is 32.3 Å². The Hall–Kier alpha value is -1.55. The van der Waals surface area contributed by atoms with E-state index in [4.69, 9.17) is 0 Å². The number of rotatable bonds is 1. The van der Waals surface area contributed by atoms with E-state index in [9.17, 15) is 4.79 Å². The van der Waals surface area contributed by atoms with Crippen LogP contribution in [0, 0.1) is 5.92 Å². The average Bonchev–Trinajstić information content (AvgIpc) is 2.87. The molecule has 0 unspecified atom stereocenters. The largest absolute Gasteiger partial charge is 0.325 e. The van der Waals surface area contributed by atoms with Gasteiger partial charge in [-0.2, -0.15) is 0 Å². The first-order valence-corrected chi connectivity index (χ1v) is 7.63. The first-order valence-electron chi connectivity index (χ1n) is 6.75. The second-order valence-electron chi connectivity index (χ2n) is 5.27. The summed E-state index contributed by atoms with van der Waals surface area (Å²) in [5.41, 5.74) is 0.884. The summed E-state index contributed by atoms with van der Waals surface area (Å²) in [6, 6.07) is 8.19. The highest BCUT2D eigenvalue weighted by molar-refractivity contribution is 7.17. The van der Waals surface area contributed by atoms with Gasteiger partial charge in [0.25, 0.3) is 0 Å². The molecule has 19 heavy (non-hydrogen) atoms. The molecule has 0 aliphatic carbocycles. The standard InChI is InChI=1S/C15H18N2OS/c1-11-4-7-17(8-5-11)15(18)16-13-2-3-14-12(10-13)6-9-19-14/h2-3,6,9-11H,4-5,7-8H2,1H3,(H,16,18). The number of carbonyl (C=O) groups is 1. The van der Waals surface area contributed by atoms with E-state index >= 15 is 0 Å². The van der Waals surface area contributed by atoms with Gasteiger partial charge in [-0.25, -0.2) is 4.79 Å². The molecule has 0 bridgehead atoms. The van der Waals surface area contributed by atoms with Gasteiger partial charge < -0.3 is 10.2 Å². The monoisotopic (exact) mass is 274 g/mol. The minimum Gasteiger partial charge on any atom is -0.325 e. The van der Waals surface area contributed by atoms with Crippen LogP contribution in [0.2, 0.25) is 0 Å². The molecule has 0 saturated carbocycles. The summed E-state index contributed by atoms with van der Waals surface area (Å²) in [6.45, 7) is 3.99. The van der Waals surface area contributed by atoms with Crippen LogP contribution in [0.5, 0.6) is 0 Å². The van der Waals surface area contributed by atoms with Gasteiger partial charge in [-0.1, -0.05) is 6.92 Å². The smallest absolute Gasteiger partial charge is 0.321 e. The van der Waals surface area contributed by atoms with Crippen LogP contribution < -0.4 is 5.32 Å². The lowest BCUT2D eigenvalue weighted by Gasteiger charge is -2.30. The van der Waals surface area contributed by atoms with E-state index in [1.54, 1.807) is 11.3 Å². The van der Waals surface area contributed by atoms with Crippen molar-refractivity contribution in [3.8, 4) is 0 Å². The van der Waals surface area contributed by atoms with Gasteiger partial charge in [-0.3, -0.25) is 0 Å². The predicted octanol–water partition coefficient (Wildman–Crippen LogP) is 4.17. The number of nitrogens with one attached hydrogen (secondary N) is 1. The summed E-state index contributed by atoms with van der Waals surface area (Å²) < 4.78 is 1.25. The molecule has 0 atom stereocenters. The summed E-state index contributed by atoms with van der Waals surface area (Å²) in [6.07, 6.45) is 2.22. The summed E-state index contributed by atoms with van der Waals surface area (Å²) in [4.78, 5) is 14.1. The van der Waals surface area contributed by atoms with E-state index in [1.165, 1.54) is 10.1 Å². The summed E-state index contributed by atoms with van der Waals surface area (Å²) in [5.74, 6) is 0.742. The van der Waals surface area contributed by atoms with E-state index in [0.29, 0.717) is 0 Å². The van der Waals surface area contributed by atoms with Crippen LogP contribution in [0.15, 0.2) is 29.6 Å². The highest BCUT2D eigenvalue weighted by atomic mass is 32.1. The normalized spacial score (nSPS) is 16.8. The van der Waals surface area contributed by atoms with Gasteiger partial charge in [0.1, 0.15) is 0 Å². The van der Waals surface area contributed by atoms with Gasteiger partial charge in [0.2, 0.25) is 0 Å². The molecule has 4 heteroatoms. The SMILES string of the molecule is CC1CCN(C(=O)Nc2ccc3sccc3c2)CC1. The van der Waals surface area contributed by atoms with Crippen molar-refractivity contribution >= 4 is 33.1 Å². The molecule has 1 fully saturated rings. The van der Waals surface area contributed by atoms with E-state index < -0.39 is 0 Å². The lowest BCUT2D eigenvalue weighted by atomic mass is 10.00. The fourth-order valence-corrected chi connectivity index (χ4v) is 3.23. The van der Waals surface area contributed by atoms with Crippen LogP contribution in [0.3, 0.4) is 0 Å². The molecular formula is C15H18N2OS. The number of fused-ring (bicyclic) bond motifs is 1. The van der Waals surface area contributed by atoms with Crippen molar-refractivity contribution in [3.63, 3.8) is 0 Å². The van der Waals surface area contributed by atoms with Crippen LogP contribution >= 0.6 is 11.3 Å². The van der Waals surface area contributed by atoms with Crippen LogP contribution in [-0.4, -0.2) is 24.0 Å². The molecule has 1 aromatic heterocycles. The highest BCUT2D eigenvalue weighted by Gasteiger charge is 2.20. The number of amides is 2. The zero-order valence-electron chi connectivity index (χ0n) is 11.1. The van der Waals surface area contributed by atoms with Crippen LogP contribution in [0.4, 0.5) is 10.5 Å². The molecule has 2 aromatic rings. The Morgan fingerprint density at radius 3 is 2.89 bits per heavy atom. The second kappa shape index (κ2) is 5.21. The van der Waals surface area contributed by atoms with Crippen molar-refractivity contribution in [1.29, 1.82) is 0 Å². The third-order valence-electron chi connectivity index (χ3n) is 3.77. The molecule has 1 saturated heterocycles. The van der Waals surface area contributed by atoms with Crippen LogP contribution in [0.25, 0.3) is 10.1 Å². The van der Waals surface area contributed by atoms with Gasteiger partial charge >= 0.3 is 6.03 Å². The second-order valence-corrected chi connectivity index (χ2v) is 6.22. The zero-order chi connectivity index (χ0) is 13.2. The third kappa shape index (κ3) is 2.73. The molecule has 1 aliphatic rings. The van der Waals surface area contributed by atoms with E-state index in [1.807, 2.05) is 17.0 Å². The Morgan fingerprint density at radius 2 is 2.11 bits per heavy atom. The van der Waals surface area contributed by atoms with Crippen molar-refractivity contribution in [2.24, 2.45) is 5.92 Å². The lowest BCUT2D eigenvalue weighted by Crippen LogP contribution is -2.40. The number of benzene rings is 1. The number of hydrogen-bond acceptors (Lipinski definition) is 2. The summed E-state index contributed by atoms with van der Waals surface area (Å²) in [7, 11) is 0. The van der Waals surface area contributed by atoms with Gasteiger partial charge in [-0.15, -0.1) is 11.3 Å². The number of nitrogens with zero attached hydrogens (tertiary/aromatic N) is 1. The van der Waals surface area contributed by atoms with Crippen LogP contribution in [0.1, 0.15) is 19.8 Å². The molecule has 1 aliphatic heterocycles. The number of hydrogen-bond donors (Lipinski definition) is 1. The Kier molecular flexibility index (Phi) is 3.42. The van der Waals surface area contributed by atoms with Crippen molar-refractivity contribution in [3.05, 3.63) is 29.6 Å². The fraction of sp³-hybridized carbons (Fsp3) is 0.400. The van der Waals surface area contributed by atoms with Crippen molar-refractivity contribution < 1.29 is 4.79 Å². The maximum absolute atomic E-state index is 12.2. The van der Waals surface area contributed by atoms with Crippen molar-refractivity contribution in [2.75, 3.05) is 18.4 Å². The molecular weight excluding hydrogens is 256 g/mol. The number of thiophene rings is 1. The maximum Gasteiger partial charge on any atom is 0.321 e. The Bertz CT molecular complexity index is 585. The van der Waals surface area contributed by atoms with Crippen LogP contribution in [-0.2, 0) is 0 Å². The molecule has 100 valence electrons. The van der Waals surface area contributed by atoms with Gasteiger partial charge in [0.15, 0.2) is 0 Å². The summed E-state index contributed by atoms with van der Waals surface area (Å²) in [5, 5.41) is 6.26. The zero-order valence-corrected chi connectivity index (χ0v) is 11.9. The summed E-state index contributed by atoms with van der Waals surface area (Å²) >= 11 is 1.72. The van der Waals surface area contributed by atoms with Gasteiger partial charge in [-0.05, 0) is 53.8 Å². The molecule has 1 N–H and O–H groups in total. The van der Waals surface area contributed by atoms with E-state index in [0.717, 1.165) is 37.5 Å². The average molecular weight is 274 g/mol. The Balaban J connectivity index is 1.68. The predicted molar refractivity (Wildman–Crippen MR) is 80.8 cm³/mol. The minimum atomic E-state index is 0.0291. The first-order chi connectivity index (χ1) is 9.22. The number of carbonyl (C=O) groups excluding carboxylic acids is 1. The van der Waals surface area contributed by atoms with Crippen molar-refractivity contribution in [1.82, 2.24) is 4.90 Å². The molecule has 2 heterocycles. The molecule has 3 nitrogen and oxygen atoms in total. The van der Waals surface area contributed by atoms with Gasteiger partial charge in [0.05, 0.1) is 0 Å². The van der Waals surface area contributed by atoms with E-state index in [-0.39, 0.29) is 6.03 Å². The Morgan fingerprint density at radius 1 is 1.32 bits per heavy atom. The van der Waals surface area contributed by atoms with Crippen molar-refractivity contribution in [2.45, 2.75) is 19.8 Å². The quantitative estimate of drug-likeness (QED) is 0.832. The number of urea groups is 1. The number of piperidine rings is 1. The Labute approximate surface area is 117 Å². The number of anilines is 1.